The number of amides is 2. The Morgan fingerprint density at radius 1 is 1.10 bits per heavy atom. The molecule has 29 heavy (non-hydrogen) atoms. The van der Waals surface area contributed by atoms with Crippen LogP contribution in [0.25, 0.3) is 22.2 Å². The minimum absolute atomic E-state index is 0.0215. The number of hydrogen-bond acceptors (Lipinski definition) is 3. The van der Waals surface area contributed by atoms with Gasteiger partial charge in [0.05, 0.1) is 24.0 Å². The van der Waals surface area contributed by atoms with Crippen LogP contribution < -0.4 is 15.8 Å². The van der Waals surface area contributed by atoms with Crippen LogP contribution in [0.4, 0.5) is 16.2 Å². The van der Waals surface area contributed by atoms with Crippen molar-refractivity contribution in [2.24, 2.45) is 0 Å². The lowest BCUT2D eigenvalue weighted by Gasteiger charge is -2.26. The quantitative estimate of drug-likeness (QED) is 0.661. The SMILES string of the molecule is CCn1c(-c2ccc(NC(=O)N3CCCCC3)cc2)c(N)c2ccc(OC)cc21. The first kappa shape index (κ1) is 19.2. The van der Waals surface area contributed by atoms with Crippen LogP contribution in [0.1, 0.15) is 26.2 Å². The number of carbonyl (C=O) groups is 1. The van der Waals surface area contributed by atoms with E-state index in [4.69, 9.17) is 10.5 Å². The van der Waals surface area contributed by atoms with Crippen molar-refractivity contribution in [2.45, 2.75) is 32.7 Å². The smallest absolute Gasteiger partial charge is 0.321 e. The number of methoxy groups -OCH3 is 1. The number of hydrogen-bond donors (Lipinski definition) is 2. The molecule has 0 bridgehead atoms. The third-order valence-electron chi connectivity index (χ3n) is 5.68. The van der Waals surface area contributed by atoms with E-state index in [2.05, 4.69) is 16.8 Å². The van der Waals surface area contributed by atoms with Crippen molar-refractivity contribution in [1.82, 2.24) is 9.47 Å². The van der Waals surface area contributed by atoms with Crippen LogP contribution in [-0.4, -0.2) is 35.7 Å². The number of urea groups is 1. The molecule has 3 N–H and O–H groups in total. The fourth-order valence-electron chi connectivity index (χ4n) is 4.13. The highest BCUT2D eigenvalue weighted by atomic mass is 16.5. The van der Waals surface area contributed by atoms with Crippen molar-refractivity contribution in [1.29, 1.82) is 0 Å². The van der Waals surface area contributed by atoms with Crippen molar-refractivity contribution in [3.8, 4) is 17.0 Å². The summed E-state index contributed by atoms with van der Waals surface area (Å²) >= 11 is 0. The molecule has 1 aliphatic rings. The van der Waals surface area contributed by atoms with Crippen LogP contribution in [0.5, 0.6) is 5.75 Å². The summed E-state index contributed by atoms with van der Waals surface area (Å²) < 4.78 is 7.58. The predicted octanol–water partition coefficient (Wildman–Crippen LogP) is 4.94. The second-order valence-corrected chi connectivity index (χ2v) is 7.44. The number of nitrogen functional groups attached to an aromatic ring is 1. The summed E-state index contributed by atoms with van der Waals surface area (Å²) in [6.07, 6.45) is 3.37. The molecule has 0 atom stereocenters. The molecule has 4 rings (SSSR count). The molecule has 6 nitrogen and oxygen atoms in total. The molecule has 152 valence electrons. The van der Waals surface area contributed by atoms with E-state index < -0.39 is 0 Å². The van der Waals surface area contributed by atoms with Crippen LogP contribution in [0.15, 0.2) is 42.5 Å². The molecule has 0 spiro atoms. The molecule has 1 aliphatic heterocycles. The highest BCUT2D eigenvalue weighted by Gasteiger charge is 2.18. The number of fused-ring (bicyclic) bond motifs is 1. The van der Waals surface area contributed by atoms with E-state index in [9.17, 15) is 4.79 Å². The maximum atomic E-state index is 12.4. The average molecular weight is 393 g/mol. The standard InChI is InChI=1S/C23H28N4O2/c1-3-27-20-15-18(29-2)11-12-19(20)21(24)22(27)16-7-9-17(10-8-16)25-23(28)26-13-5-4-6-14-26/h7-12,15H,3-6,13-14,24H2,1-2H3,(H,25,28). The molecule has 6 heteroatoms. The molecule has 0 aliphatic carbocycles. The van der Waals surface area contributed by atoms with Crippen LogP contribution in [0.3, 0.4) is 0 Å². The number of aryl methyl sites for hydroxylation is 1. The number of aromatic nitrogens is 1. The Hall–Kier alpha value is -3.15. The van der Waals surface area contributed by atoms with E-state index in [1.165, 1.54) is 6.42 Å². The van der Waals surface area contributed by atoms with Crippen molar-refractivity contribution in [3.05, 3.63) is 42.5 Å². The highest BCUT2D eigenvalue weighted by molar-refractivity contribution is 6.01. The first-order chi connectivity index (χ1) is 14.1. The van der Waals surface area contributed by atoms with Gasteiger partial charge in [-0.25, -0.2) is 4.79 Å². The van der Waals surface area contributed by atoms with E-state index in [1.807, 2.05) is 47.4 Å². The molecule has 0 radical (unpaired) electrons. The van der Waals surface area contributed by atoms with Crippen molar-refractivity contribution >= 4 is 28.3 Å². The Bertz CT molecular complexity index is 1020. The lowest BCUT2D eigenvalue weighted by molar-refractivity contribution is 0.200. The van der Waals surface area contributed by atoms with Gasteiger partial charge in [-0.2, -0.15) is 0 Å². The number of likely N-dealkylation sites (tertiary alicyclic amines) is 1. The third kappa shape index (κ3) is 3.62. The first-order valence-electron chi connectivity index (χ1n) is 10.2. The van der Waals surface area contributed by atoms with Gasteiger partial charge in [0, 0.05) is 42.3 Å². The molecular weight excluding hydrogens is 364 g/mol. The second-order valence-electron chi connectivity index (χ2n) is 7.44. The van der Waals surface area contributed by atoms with Gasteiger partial charge in [-0.3, -0.25) is 0 Å². The van der Waals surface area contributed by atoms with Crippen LogP contribution in [-0.2, 0) is 6.54 Å². The zero-order chi connectivity index (χ0) is 20.4. The summed E-state index contributed by atoms with van der Waals surface area (Å²) in [4.78, 5) is 14.3. The monoisotopic (exact) mass is 392 g/mol. The lowest BCUT2D eigenvalue weighted by atomic mass is 10.1. The summed E-state index contributed by atoms with van der Waals surface area (Å²) in [6, 6.07) is 13.8. The maximum absolute atomic E-state index is 12.4. The summed E-state index contributed by atoms with van der Waals surface area (Å²) in [5.74, 6) is 0.812. The largest absolute Gasteiger partial charge is 0.497 e. The van der Waals surface area contributed by atoms with Gasteiger partial charge < -0.3 is 25.3 Å². The minimum atomic E-state index is -0.0215. The van der Waals surface area contributed by atoms with E-state index in [0.29, 0.717) is 0 Å². The Kier molecular flexibility index (Phi) is 5.34. The van der Waals surface area contributed by atoms with Gasteiger partial charge in [-0.05, 0) is 50.5 Å². The normalized spacial score (nSPS) is 14.2. The number of rotatable bonds is 4. The Labute approximate surface area is 171 Å². The lowest BCUT2D eigenvalue weighted by Crippen LogP contribution is -2.38. The zero-order valence-corrected chi connectivity index (χ0v) is 17.1. The minimum Gasteiger partial charge on any atom is -0.497 e. The Balaban J connectivity index is 1.62. The predicted molar refractivity (Wildman–Crippen MR) is 118 cm³/mol. The highest BCUT2D eigenvalue weighted by Crippen LogP contribution is 2.38. The number of carbonyl (C=O) groups excluding carboxylic acids is 1. The van der Waals surface area contributed by atoms with Gasteiger partial charge in [0.25, 0.3) is 0 Å². The Morgan fingerprint density at radius 3 is 2.48 bits per heavy atom. The van der Waals surface area contributed by atoms with Crippen molar-refractivity contribution < 1.29 is 9.53 Å². The molecule has 1 aromatic heterocycles. The average Bonchev–Trinajstić information content (AvgIpc) is 3.05. The molecule has 1 fully saturated rings. The van der Waals surface area contributed by atoms with Gasteiger partial charge >= 0.3 is 6.03 Å². The van der Waals surface area contributed by atoms with Crippen LogP contribution in [0, 0.1) is 0 Å². The van der Waals surface area contributed by atoms with Gasteiger partial charge in [-0.1, -0.05) is 12.1 Å². The number of benzene rings is 2. The zero-order valence-electron chi connectivity index (χ0n) is 17.1. The third-order valence-corrected chi connectivity index (χ3v) is 5.68. The summed E-state index contributed by atoms with van der Waals surface area (Å²) in [5.41, 5.74) is 11.1. The molecule has 3 aromatic rings. The fraction of sp³-hybridized carbons (Fsp3) is 0.348. The van der Waals surface area contributed by atoms with Crippen LogP contribution in [0.2, 0.25) is 0 Å². The van der Waals surface area contributed by atoms with Crippen molar-refractivity contribution in [3.63, 3.8) is 0 Å². The molecule has 0 unspecified atom stereocenters. The summed E-state index contributed by atoms with van der Waals surface area (Å²) in [5, 5.41) is 4.03. The number of ether oxygens (including phenoxy) is 1. The van der Waals surface area contributed by atoms with Gasteiger partial charge in [0.15, 0.2) is 0 Å². The topological polar surface area (TPSA) is 72.5 Å². The number of nitrogens with one attached hydrogen (secondary N) is 1. The van der Waals surface area contributed by atoms with E-state index >= 15 is 0 Å². The Morgan fingerprint density at radius 2 is 1.83 bits per heavy atom. The molecule has 1 saturated heterocycles. The number of piperidine rings is 1. The van der Waals surface area contributed by atoms with Gasteiger partial charge in [0.2, 0.25) is 0 Å². The second kappa shape index (κ2) is 8.07. The van der Waals surface area contributed by atoms with Gasteiger partial charge in [-0.15, -0.1) is 0 Å². The van der Waals surface area contributed by atoms with Gasteiger partial charge in [0.1, 0.15) is 5.75 Å². The number of nitrogens with two attached hydrogens (primary N) is 1. The fourth-order valence-corrected chi connectivity index (χ4v) is 4.13. The molecule has 2 amide bonds. The summed E-state index contributed by atoms with van der Waals surface area (Å²) in [7, 11) is 1.67. The van der Waals surface area contributed by atoms with E-state index in [1.54, 1.807) is 7.11 Å². The first-order valence-corrected chi connectivity index (χ1v) is 10.2. The van der Waals surface area contributed by atoms with Crippen molar-refractivity contribution in [2.75, 3.05) is 31.2 Å². The number of anilines is 2. The molecular formula is C23H28N4O2. The molecule has 2 heterocycles. The van der Waals surface area contributed by atoms with E-state index in [-0.39, 0.29) is 6.03 Å². The maximum Gasteiger partial charge on any atom is 0.321 e. The molecule has 2 aromatic carbocycles. The summed E-state index contributed by atoms with van der Waals surface area (Å²) in [6.45, 7) is 4.57. The number of nitrogens with zero attached hydrogens (tertiary/aromatic N) is 2. The molecule has 0 saturated carbocycles. The van der Waals surface area contributed by atoms with Crippen LogP contribution >= 0.6 is 0 Å². The van der Waals surface area contributed by atoms with E-state index in [0.717, 1.165) is 71.8 Å².